The molecule has 1 saturated heterocycles. The number of carbonyl (C=O) groups is 1. The van der Waals surface area contributed by atoms with Crippen LogP contribution >= 0.6 is 0 Å². The molecule has 92 valence electrons. The Hall–Kier alpha value is -0.770. The van der Waals surface area contributed by atoms with Crippen LogP contribution < -0.4 is 5.73 Å². The maximum Gasteiger partial charge on any atom is 0.410 e. The predicted octanol–water partition coefficient (Wildman–Crippen LogP) is 1.45. The standard InChI is InChI=1S/C12H22N2O2/c1-12(2,3)16-11(15)14-6-9(7-14)10-4-8(10)5-13/h8-10H,4-7,13H2,1-3H3/t8-,10+/m0/s1. The number of likely N-dealkylation sites (tertiary alicyclic amines) is 1. The third-order valence-corrected chi connectivity index (χ3v) is 3.45. The second kappa shape index (κ2) is 3.91. The number of ether oxygens (including phenoxy) is 1. The molecule has 0 aromatic carbocycles. The van der Waals surface area contributed by atoms with Crippen molar-refractivity contribution < 1.29 is 9.53 Å². The predicted molar refractivity (Wildman–Crippen MR) is 61.9 cm³/mol. The lowest BCUT2D eigenvalue weighted by molar-refractivity contribution is -0.00491. The summed E-state index contributed by atoms with van der Waals surface area (Å²) in [4.78, 5) is 13.5. The highest BCUT2D eigenvalue weighted by atomic mass is 16.6. The number of hydrogen-bond acceptors (Lipinski definition) is 3. The Morgan fingerprint density at radius 1 is 1.44 bits per heavy atom. The van der Waals surface area contributed by atoms with Crippen molar-refractivity contribution in [3.8, 4) is 0 Å². The molecule has 1 amide bonds. The van der Waals surface area contributed by atoms with Crippen molar-refractivity contribution in [3.05, 3.63) is 0 Å². The summed E-state index contributed by atoms with van der Waals surface area (Å²) in [7, 11) is 0. The SMILES string of the molecule is CC(C)(C)OC(=O)N1CC([C@@H]2C[C@H]2CN)C1. The van der Waals surface area contributed by atoms with Gasteiger partial charge in [-0.05, 0) is 51.5 Å². The molecule has 2 N–H and O–H groups in total. The van der Waals surface area contributed by atoms with Crippen LogP contribution in [0.5, 0.6) is 0 Å². The van der Waals surface area contributed by atoms with Crippen LogP contribution in [0.15, 0.2) is 0 Å². The first-order valence-electron chi connectivity index (χ1n) is 6.08. The number of hydrogen-bond donors (Lipinski definition) is 1. The van der Waals surface area contributed by atoms with Crippen LogP contribution in [-0.4, -0.2) is 36.2 Å². The summed E-state index contributed by atoms with van der Waals surface area (Å²) in [5.41, 5.74) is 5.23. The van der Waals surface area contributed by atoms with Gasteiger partial charge in [-0.3, -0.25) is 0 Å². The van der Waals surface area contributed by atoms with E-state index in [2.05, 4.69) is 0 Å². The fourth-order valence-electron chi connectivity index (χ4n) is 2.38. The summed E-state index contributed by atoms with van der Waals surface area (Å²) in [6, 6.07) is 0. The molecule has 0 aromatic rings. The van der Waals surface area contributed by atoms with Crippen molar-refractivity contribution in [2.75, 3.05) is 19.6 Å². The number of rotatable bonds is 2. The highest BCUT2D eigenvalue weighted by Crippen LogP contribution is 2.46. The van der Waals surface area contributed by atoms with E-state index in [4.69, 9.17) is 10.5 Å². The lowest BCUT2D eigenvalue weighted by Crippen LogP contribution is -2.52. The molecule has 1 aliphatic carbocycles. The zero-order chi connectivity index (χ0) is 11.9. The smallest absolute Gasteiger partial charge is 0.410 e. The average Bonchev–Trinajstić information content (AvgIpc) is 2.77. The van der Waals surface area contributed by atoms with Gasteiger partial charge < -0.3 is 15.4 Å². The largest absolute Gasteiger partial charge is 0.444 e. The van der Waals surface area contributed by atoms with E-state index in [-0.39, 0.29) is 11.7 Å². The van der Waals surface area contributed by atoms with Gasteiger partial charge in [-0.15, -0.1) is 0 Å². The Morgan fingerprint density at radius 3 is 2.50 bits per heavy atom. The maximum absolute atomic E-state index is 11.7. The van der Waals surface area contributed by atoms with Crippen molar-refractivity contribution in [2.45, 2.75) is 32.8 Å². The number of nitrogens with zero attached hydrogens (tertiary/aromatic N) is 1. The van der Waals surface area contributed by atoms with Crippen molar-refractivity contribution >= 4 is 6.09 Å². The van der Waals surface area contributed by atoms with E-state index in [1.807, 2.05) is 20.8 Å². The summed E-state index contributed by atoms with van der Waals surface area (Å²) in [6.07, 6.45) is 1.08. The first-order valence-corrected chi connectivity index (χ1v) is 6.08. The molecule has 4 nitrogen and oxygen atoms in total. The van der Waals surface area contributed by atoms with Gasteiger partial charge in [0.1, 0.15) is 5.60 Å². The zero-order valence-corrected chi connectivity index (χ0v) is 10.4. The highest BCUT2D eigenvalue weighted by molar-refractivity contribution is 5.69. The van der Waals surface area contributed by atoms with Gasteiger partial charge in [-0.2, -0.15) is 0 Å². The van der Waals surface area contributed by atoms with Gasteiger partial charge >= 0.3 is 6.09 Å². The van der Waals surface area contributed by atoms with Crippen LogP contribution in [-0.2, 0) is 4.74 Å². The average molecular weight is 226 g/mol. The zero-order valence-electron chi connectivity index (χ0n) is 10.4. The molecule has 4 heteroatoms. The molecule has 0 unspecified atom stereocenters. The van der Waals surface area contributed by atoms with E-state index in [9.17, 15) is 4.79 Å². The quantitative estimate of drug-likeness (QED) is 0.775. The van der Waals surface area contributed by atoms with Crippen molar-refractivity contribution in [3.63, 3.8) is 0 Å². The Balaban J connectivity index is 1.70. The van der Waals surface area contributed by atoms with Gasteiger partial charge in [0, 0.05) is 13.1 Å². The maximum atomic E-state index is 11.7. The van der Waals surface area contributed by atoms with E-state index in [0.717, 1.165) is 25.6 Å². The molecule has 2 rings (SSSR count). The third-order valence-electron chi connectivity index (χ3n) is 3.45. The number of carbonyl (C=O) groups excluding carboxylic acids is 1. The Kier molecular flexibility index (Phi) is 2.86. The highest BCUT2D eigenvalue weighted by Gasteiger charge is 2.48. The summed E-state index contributed by atoms with van der Waals surface area (Å²) in [5.74, 6) is 2.15. The van der Waals surface area contributed by atoms with E-state index < -0.39 is 0 Å². The van der Waals surface area contributed by atoms with E-state index in [1.165, 1.54) is 6.42 Å². The summed E-state index contributed by atoms with van der Waals surface area (Å²) in [5, 5.41) is 0. The molecule has 2 atom stereocenters. The second-order valence-electron chi connectivity index (χ2n) is 6.04. The van der Waals surface area contributed by atoms with E-state index in [1.54, 1.807) is 4.90 Å². The van der Waals surface area contributed by atoms with Crippen molar-refractivity contribution in [1.82, 2.24) is 4.90 Å². The minimum atomic E-state index is -0.387. The Bertz CT molecular complexity index is 279. The van der Waals surface area contributed by atoms with Crippen LogP contribution in [0.25, 0.3) is 0 Å². The molecular weight excluding hydrogens is 204 g/mol. The first-order chi connectivity index (χ1) is 7.40. The van der Waals surface area contributed by atoms with Crippen LogP contribution in [0.4, 0.5) is 4.79 Å². The molecule has 0 spiro atoms. The Morgan fingerprint density at radius 2 is 2.06 bits per heavy atom. The molecule has 0 bridgehead atoms. The van der Waals surface area contributed by atoms with E-state index >= 15 is 0 Å². The lowest BCUT2D eigenvalue weighted by Gasteiger charge is -2.40. The van der Waals surface area contributed by atoms with Gasteiger partial charge in [-0.25, -0.2) is 4.79 Å². The molecule has 1 heterocycles. The second-order valence-corrected chi connectivity index (χ2v) is 6.04. The molecule has 16 heavy (non-hydrogen) atoms. The van der Waals surface area contributed by atoms with Gasteiger partial charge in [-0.1, -0.05) is 0 Å². The molecule has 2 aliphatic rings. The molecule has 1 saturated carbocycles. The minimum Gasteiger partial charge on any atom is -0.444 e. The summed E-state index contributed by atoms with van der Waals surface area (Å²) >= 11 is 0. The fraction of sp³-hybridized carbons (Fsp3) is 0.917. The van der Waals surface area contributed by atoms with Crippen LogP contribution in [0, 0.1) is 17.8 Å². The van der Waals surface area contributed by atoms with Gasteiger partial charge in [0.15, 0.2) is 0 Å². The number of amides is 1. The van der Waals surface area contributed by atoms with E-state index in [0.29, 0.717) is 11.8 Å². The summed E-state index contributed by atoms with van der Waals surface area (Å²) in [6.45, 7) is 8.20. The third kappa shape index (κ3) is 2.48. The van der Waals surface area contributed by atoms with Crippen LogP contribution in [0.3, 0.4) is 0 Å². The molecule has 1 aliphatic heterocycles. The van der Waals surface area contributed by atoms with Crippen LogP contribution in [0.2, 0.25) is 0 Å². The monoisotopic (exact) mass is 226 g/mol. The van der Waals surface area contributed by atoms with Gasteiger partial charge in [0.2, 0.25) is 0 Å². The van der Waals surface area contributed by atoms with Crippen molar-refractivity contribution in [2.24, 2.45) is 23.5 Å². The van der Waals surface area contributed by atoms with Crippen molar-refractivity contribution in [1.29, 1.82) is 0 Å². The normalized spacial score (nSPS) is 29.9. The van der Waals surface area contributed by atoms with Gasteiger partial charge in [0.25, 0.3) is 0 Å². The first kappa shape index (κ1) is 11.7. The van der Waals surface area contributed by atoms with Gasteiger partial charge in [0.05, 0.1) is 0 Å². The topological polar surface area (TPSA) is 55.6 Å². The Labute approximate surface area is 97.1 Å². The van der Waals surface area contributed by atoms with Crippen LogP contribution in [0.1, 0.15) is 27.2 Å². The summed E-state index contributed by atoms with van der Waals surface area (Å²) < 4.78 is 5.31. The molecule has 0 aromatic heterocycles. The molecule has 2 fully saturated rings. The fourth-order valence-corrected chi connectivity index (χ4v) is 2.38. The lowest BCUT2D eigenvalue weighted by atomic mass is 9.94. The number of nitrogens with two attached hydrogens (primary N) is 1. The molecular formula is C12H22N2O2. The molecule has 0 radical (unpaired) electrons. The minimum absolute atomic E-state index is 0.173.